The van der Waals surface area contributed by atoms with Crippen molar-refractivity contribution in [1.29, 1.82) is 5.26 Å². The fourth-order valence-electron chi connectivity index (χ4n) is 3.21. The summed E-state index contributed by atoms with van der Waals surface area (Å²) in [7, 11) is 0. The minimum atomic E-state index is 0.551. The summed E-state index contributed by atoms with van der Waals surface area (Å²) in [4.78, 5) is 13.1. The molecule has 1 aromatic carbocycles. The van der Waals surface area contributed by atoms with Gasteiger partial charge in [0.05, 0.1) is 11.1 Å². The van der Waals surface area contributed by atoms with Crippen molar-refractivity contribution in [3.05, 3.63) is 78.2 Å². The fraction of sp³-hybridized carbons (Fsp3) is 0.130. The van der Waals surface area contributed by atoms with Crippen LogP contribution in [0.15, 0.2) is 67.1 Å². The van der Waals surface area contributed by atoms with E-state index in [9.17, 15) is 0 Å². The summed E-state index contributed by atoms with van der Waals surface area (Å²) >= 11 is 0. The van der Waals surface area contributed by atoms with Crippen molar-refractivity contribution in [1.82, 2.24) is 15.0 Å². The maximum absolute atomic E-state index is 8.82. The Labute approximate surface area is 169 Å². The second-order valence-corrected chi connectivity index (χ2v) is 6.64. The Morgan fingerprint density at radius 1 is 0.931 bits per heavy atom. The molecule has 3 aromatic heterocycles. The Balaban J connectivity index is 1.44. The number of rotatable bonds is 6. The number of hydrogen-bond acceptors (Lipinski definition) is 6. The normalized spacial score (nSPS) is 10.5. The van der Waals surface area contributed by atoms with Crippen LogP contribution in [0.4, 0.5) is 11.6 Å². The lowest BCUT2D eigenvalue weighted by Crippen LogP contribution is -2.15. The highest BCUT2D eigenvalue weighted by atomic mass is 15.0. The second kappa shape index (κ2) is 8.36. The quantitative estimate of drug-likeness (QED) is 0.482. The van der Waals surface area contributed by atoms with Crippen molar-refractivity contribution in [3.63, 3.8) is 0 Å². The number of hydrogen-bond donors (Lipinski definition) is 2. The van der Waals surface area contributed by atoms with Crippen LogP contribution in [0.5, 0.6) is 0 Å². The van der Waals surface area contributed by atoms with E-state index in [1.54, 1.807) is 18.3 Å². The Hall–Kier alpha value is -3.98. The van der Waals surface area contributed by atoms with Crippen LogP contribution in [-0.4, -0.2) is 28.0 Å². The van der Waals surface area contributed by atoms with Crippen molar-refractivity contribution in [3.8, 4) is 17.2 Å². The first-order valence-electron chi connectivity index (χ1n) is 9.39. The van der Waals surface area contributed by atoms with Gasteiger partial charge in [-0.2, -0.15) is 5.26 Å². The summed E-state index contributed by atoms with van der Waals surface area (Å²) in [6.45, 7) is 3.46. The van der Waals surface area contributed by atoms with Crippen molar-refractivity contribution in [2.75, 3.05) is 23.7 Å². The molecule has 6 nitrogen and oxygen atoms in total. The first-order valence-corrected chi connectivity index (χ1v) is 9.39. The highest BCUT2D eigenvalue weighted by molar-refractivity contribution is 5.85. The molecule has 2 N–H and O–H groups in total. The number of nitrogens with zero attached hydrogens (tertiary/aromatic N) is 4. The highest BCUT2D eigenvalue weighted by Crippen LogP contribution is 2.29. The number of nitrogens with one attached hydrogen (secondary N) is 2. The van der Waals surface area contributed by atoms with Crippen molar-refractivity contribution < 1.29 is 0 Å². The lowest BCUT2D eigenvalue weighted by Gasteiger charge is -2.13. The largest absolute Gasteiger partial charge is 0.368 e. The van der Waals surface area contributed by atoms with Crippen LogP contribution in [0.25, 0.3) is 22.0 Å². The average molecular weight is 380 g/mol. The maximum atomic E-state index is 8.82. The molecule has 0 unspecified atom stereocenters. The van der Waals surface area contributed by atoms with E-state index in [2.05, 4.69) is 56.8 Å². The van der Waals surface area contributed by atoms with Gasteiger partial charge in [-0.05, 0) is 60.0 Å². The van der Waals surface area contributed by atoms with Crippen LogP contribution in [0.3, 0.4) is 0 Å². The smallest absolute Gasteiger partial charge is 0.129 e. The third-order valence-corrected chi connectivity index (χ3v) is 4.73. The van der Waals surface area contributed by atoms with Crippen LogP contribution >= 0.6 is 0 Å². The van der Waals surface area contributed by atoms with Gasteiger partial charge >= 0.3 is 0 Å². The molecule has 0 saturated heterocycles. The van der Waals surface area contributed by atoms with Crippen LogP contribution in [-0.2, 0) is 0 Å². The molecule has 0 radical (unpaired) electrons. The first-order chi connectivity index (χ1) is 14.2. The molecule has 142 valence electrons. The molecule has 0 spiro atoms. The van der Waals surface area contributed by atoms with Gasteiger partial charge in [0.1, 0.15) is 17.7 Å². The molecule has 3 heterocycles. The third-order valence-electron chi connectivity index (χ3n) is 4.73. The molecule has 0 aliphatic heterocycles. The average Bonchev–Trinajstić information content (AvgIpc) is 2.78. The van der Waals surface area contributed by atoms with Crippen LogP contribution in [0.2, 0.25) is 0 Å². The van der Waals surface area contributed by atoms with Gasteiger partial charge in [-0.15, -0.1) is 0 Å². The number of nitriles is 1. The van der Waals surface area contributed by atoms with E-state index in [4.69, 9.17) is 5.26 Å². The maximum Gasteiger partial charge on any atom is 0.129 e. The Morgan fingerprint density at radius 3 is 2.66 bits per heavy atom. The molecule has 0 fully saturated rings. The van der Waals surface area contributed by atoms with Gasteiger partial charge in [0.2, 0.25) is 0 Å². The van der Waals surface area contributed by atoms with Crippen LogP contribution in [0, 0.1) is 18.3 Å². The van der Waals surface area contributed by atoms with Gasteiger partial charge in [0.15, 0.2) is 0 Å². The molecule has 29 heavy (non-hydrogen) atoms. The molecule has 0 saturated carbocycles. The molecule has 4 rings (SSSR count). The molecule has 0 aliphatic carbocycles. The lowest BCUT2D eigenvalue weighted by molar-refractivity contribution is 1.04. The standard InChI is InChI=1S/C23H20N6/c1-16-20(18-5-6-21-19(13-18)3-2-9-25-21)8-10-27-23(16)28-12-11-26-22-7-4-17(14-24)15-29-22/h2-10,13,15H,11-12H2,1H3,(H,26,29)(H,27,28). The van der Waals surface area contributed by atoms with Gasteiger partial charge in [0, 0.05) is 37.1 Å². The van der Waals surface area contributed by atoms with Gasteiger partial charge in [-0.3, -0.25) is 4.98 Å². The molecular weight excluding hydrogens is 360 g/mol. The van der Waals surface area contributed by atoms with E-state index in [-0.39, 0.29) is 0 Å². The second-order valence-electron chi connectivity index (χ2n) is 6.64. The van der Waals surface area contributed by atoms with Crippen molar-refractivity contribution in [2.24, 2.45) is 0 Å². The summed E-state index contributed by atoms with van der Waals surface area (Å²) in [5.74, 6) is 1.61. The topological polar surface area (TPSA) is 86.5 Å². The highest BCUT2D eigenvalue weighted by Gasteiger charge is 2.08. The number of aromatic nitrogens is 3. The summed E-state index contributed by atoms with van der Waals surface area (Å²) < 4.78 is 0. The Kier molecular flexibility index (Phi) is 5.30. The van der Waals surface area contributed by atoms with Crippen molar-refractivity contribution in [2.45, 2.75) is 6.92 Å². The first kappa shape index (κ1) is 18.4. The summed E-state index contributed by atoms with van der Waals surface area (Å²) in [6, 6.07) is 18.0. The zero-order chi connectivity index (χ0) is 20.1. The molecule has 0 atom stereocenters. The van der Waals surface area contributed by atoms with Crippen LogP contribution in [0.1, 0.15) is 11.1 Å². The molecule has 0 aliphatic rings. The van der Waals surface area contributed by atoms with Gasteiger partial charge in [-0.1, -0.05) is 12.1 Å². The molecule has 0 amide bonds. The summed E-state index contributed by atoms with van der Waals surface area (Å²) in [5.41, 5.74) is 4.94. The van der Waals surface area contributed by atoms with E-state index >= 15 is 0 Å². The number of fused-ring (bicyclic) bond motifs is 1. The van der Waals surface area contributed by atoms with E-state index in [1.165, 1.54) is 0 Å². The van der Waals surface area contributed by atoms with E-state index < -0.39 is 0 Å². The van der Waals surface area contributed by atoms with Gasteiger partial charge in [0.25, 0.3) is 0 Å². The van der Waals surface area contributed by atoms with Crippen molar-refractivity contribution >= 4 is 22.5 Å². The third kappa shape index (κ3) is 4.14. The van der Waals surface area contributed by atoms with Gasteiger partial charge in [-0.25, -0.2) is 9.97 Å². The van der Waals surface area contributed by atoms with Gasteiger partial charge < -0.3 is 10.6 Å². The fourth-order valence-corrected chi connectivity index (χ4v) is 3.21. The molecule has 4 aromatic rings. The predicted molar refractivity (Wildman–Crippen MR) is 116 cm³/mol. The minimum Gasteiger partial charge on any atom is -0.368 e. The number of pyridine rings is 3. The van der Waals surface area contributed by atoms with E-state index in [0.29, 0.717) is 18.7 Å². The molecule has 6 heteroatoms. The zero-order valence-corrected chi connectivity index (χ0v) is 16.1. The Bertz CT molecular complexity index is 1180. The summed E-state index contributed by atoms with van der Waals surface area (Å²) in [6.07, 6.45) is 5.20. The summed E-state index contributed by atoms with van der Waals surface area (Å²) in [5, 5.41) is 16.6. The molecule has 0 bridgehead atoms. The zero-order valence-electron chi connectivity index (χ0n) is 16.1. The van der Waals surface area contributed by atoms with Crippen LogP contribution < -0.4 is 10.6 Å². The predicted octanol–water partition coefficient (Wildman–Crippen LogP) is 4.40. The number of benzene rings is 1. The van der Waals surface area contributed by atoms with E-state index in [0.717, 1.165) is 39.2 Å². The molecular formula is C23H20N6. The SMILES string of the molecule is Cc1c(-c2ccc3ncccc3c2)ccnc1NCCNc1ccc(C#N)cn1. The number of anilines is 2. The van der Waals surface area contributed by atoms with E-state index in [1.807, 2.05) is 30.6 Å². The Morgan fingerprint density at radius 2 is 1.83 bits per heavy atom. The monoisotopic (exact) mass is 380 g/mol. The lowest BCUT2D eigenvalue weighted by atomic mass is 10.00. The minimum absolute atomic E-state index is 0.551.